The molecule has 0 bridgehead atoms. The predicted molar refractivity (Wildman–Crippen MR) is 80.2 cm³/mol. The van der Waals surface area contributed by atoms with Crippen molar-refractivity contribution in [3.63, 3.8) is 0 Å². The monoisotopic (exact) mass is 271 g/mol. The average Bonchev–Trinajstić information content (AvgIpc) is 2.73. The summed E-state index contributed by atoms with van der Waals surface area (Å²) in [6.07, 6.45) is 13.9. The summed E-state index contributed by atoms with van der Waals surface area (Å²) in [6, 6.07) is -0.173. The molecule has 0 radical (unpaired) electrons. The van der Waals surface area contributed by atoms with Crippen LogP contribution in [0.25, 0.3) is 0 Å². The van der Waals surface area contributed by atoms with Gasteiger partial charge in [-0.2, -0.15) is 0 Å². The maximum atomic E-state index is 9.75. The van der Waals surface area contributed by atoms with E-state index in [9.17, 15) is 5.11 Å². The number of aliphatic hydroxyl groups is 1. The minimum atomic E-state index is -0.446. The summed E-state index contributed by atoms with van der Waals surface area (Å²) in [5, 5.41) is 9.75. The van der Waals surface area contributed by atoms with Crippen LogP contribution in [0.3, 0.4) is 0 Å². The molecule has 3 atom stereocenters. The Kier molecular flexibility index (Phi) is 9.48. The molecule has 3 N–H and O–H groups in total. The Morgan fingerprint density at radius 2 is 1.47 bits per heavy atom. The number of hydrogen-bond acceptors (Lipinski definition) is 3. The third-order valence-corrected chi connectivity index (χ3v) is 4.16. The van der Waals surface area contributed by atoms with Gasteiger partial charge >= 0.3 is 0 Å². The molecule has 0 spiro atoms. The highest BCUT2D eigenvalue weighted by Crippen LogP contribution is 2.19. The summed E-state index contributed by atoms with van der Waals surface area (Å²) in [4.78, 5) is 0. The van der Waals surface area contributed by atoms with Crippen LogP contribution in [0.5, 0.6) is 0 Å². The molecule has 0 unspecified atom stereocenters. The Labute approximate surface area is 118 Å². The lowest BCUT2D eigenvalue weighted by Crippen LogP contribution is -2.36. The van der Waals surface area contributed by atoms with Crippen LogP contribution >= 0.6 is 0 Å². The van der Waals surface area contributed by atoms with E-state index in [1.54, 1.807) is 0 Å². The fourth-order valence-corrected chi connectivity index (χ4v) is 2.79. The largest absolute Gasteiger partial charge is 0.389 e. The number of ether oxygens (including phenoxy) is 1. The number of rotatable bonds is 11. The van der Waals surface area contributed by atoms with Crippen molar-refractivity contribution in [2.24, 2.45) is 5.73 Å². The SMILES string of the molecule is CCCCCCCCCCCC[C@@H]1OC[C@@H](N)[C@@H]1O. The summed E-state index contributed by atoms with van der Waals surface area (Å²) in [6.45, 7) is 2.78. The summed E-state index contributed by atoms with van der Waals surface area (Å²) >= 11 is 0. The van der Waals surface area contributed by atoms with Crippen LogP contribution in [0.1, 0.15) is 77.6 Å². The molecule has 0 amide bonds. The minimum Gasteiger partial charge on any atom is -0.389 e. The molecule has 1 rings (SSSR count). The van der Waals surface area contributed by atoms with Gasteiger partial charge in [0.2, 0.25) is 0 Å². The Morgan fingerprint density at radius 3 is 1.95 bits per heavy atom. The van der Waals surface area contributed by atoms with Crippen molar-refractivity contribution in [3.05, 3.63) is 0 Å². The van der Waals surface area contributed by atoms with Crippen LogP contribution in [0.2, 0.25) is 0 Å². The van der Waals surface area contributed by atoms with E-state index in [0.717, 1.165) is 12.8 Å². The first kappa shape index (κ1) is 16.9. The zero-order valence-corrected chi connectivity index (χ0v) is 12.7. The normalized spacial score (nSPS) is 27.0. The van der Waals surface area contributed by atoms with Crippen molar-refractivity contribution >= 4 is 0 Å². The Morgan fingerprint density at radius 1 is 0.947 bits per heavy atom. The van der Waals surface area contributed by atoms with Crippen LogP contribution in [-0.2, 0) is 4.74 Å². The second kappa shape index (κ2) is 10.6. The molecule has 114 valence electrons. The maximum absolute atomic E-state index is 9.75. The first-order chi connectivity index (χ1) is 9.25. The number of unbranched alkanes of at least 4 members (excludes halogenated alkanes) is 9. The van der Waals surface area contributed by atoms with E-state index in [2.05, 4.69) is 6.92 Å². The van der Waals surface area contributed by atoms with Crippen molar-refractivity contribution in [3.8, 4) is 0 Å². The van der Waals surface area contributed by atoms with E-state index in [0.29, 0.717) is 6.61 Å². The van der Waals surface area contributed by atoms with Crippen molar-refractivity contribution in [2.45, 2.75) is 95.8 Å². The van der Waals surface area contributed by atoms with Crippen LogP contribution in [-0.4, -0.2) is 30.0 Å². The van der Waals surface area contributed by atoms with E-state index < -0.39 is 6.10 Å². The van der Waals surface area contributed by atoms with Gasteiger partial charge in [0, 0.05) is 0 Å². The second-order valence-electron chi connectivity index (χ2n) is 6.00. The molecule has 0 saturated carbocycles. The lowest BCUT2D eigenvalue weighted by atomic mass is 10.0. The van der Waals surface area contributed by atoms with Gasteiger partial charge in [0.1, 0.15) is 0 Å². The highest BCUT2D eigenvalue weighted by atomic mass is 16.5. The Bertz CT molecular complexity index is 211. The number of aliphatic hydroxyl groups excluding tert-OH is 1. The quantitative estimate of drug-likeness (QED) is 0.566. The van der Waals surface area contributed by atoms with Gasteiger partial charge in [-0.15, -0.1) is 0 Å². The number of hydrogen-bond donors (Lipinski definition) is 2. The standard InChI is InChI=1S/C16H33NO2/c1-2-3-4-5-6-7-8-9-10-11-12-15-16(18)14(17)13-19-15/h14-16,18H,2-13,17H2,1H3/t14-,15+,16+/m1/s1. The molecule has 1 heterocycles. The van der Waals surface area contributed by atoms with Gasteiger partial charge in [-0.25, -0.2) is 0 Å². The zero-order valence-electron chi connectivity index (χ0n) is 12.7. The molecule has 3 heteroatoms. The third-order valence-electron chi connectivity index (χ3n) is 4.16. The van der Waals surface area contributed by atoms with Crippen molar-refractivity contribution in [1.29, 1.82) is 0 Å². The molecular weight excluding hydrogens is 238 g/mol. The van der Waals surface area contributed by atoms with Crippen molar-refractivity contribution in [2.75, 3.05) is 6.61 Å². The van der Waals surface area contributed by atoms with Gasteiger partial charge in [0.05, 0.1) is 24.9 Å². The van der Waals surface area contributed by atoms with Gasteiger partial charge in [-0.1, -0.05) is 71.1 Å². The molecular formula is C16H33NO2. The Balaban J connectivity index is 1.81. The fourth-order valence-electron chi connectivity index (χ4n) is 2.79. The molecule has 0 aromatic rings. The predicted octanol–water partition coefficient (Wildman–Crippen LogP) is 3.38. The highest BCUT2D eigenvalue weighted by Gasteiger charge is 2.32. The van der Waals surface area contributed by atoms with E-state index in [1.807, 2.05) is 0 Å². The van der Waals surface area contributed by atoms with Gasteiger partial charge in [0.15, 0.2) is 0 Å². The summed E-state index contributed by atoms with van der Waals surface area (Å²) in [7, 11) is 0. The molecule has 1 saturated heterocycles. The molecule has 0 aromatic heterocycles. The topological polar surface area (TPSA) is 55.5 Å². The van der Waals surface area contributed by atoms with Crippen LogP contribution < -0.4 is 5.73 Å². The molecule has 3 nitrogen and oxygen atoms in total. The van der Waals surface area contributed by atoms with Crippen molar-refractivity contribution in [1.82, 2.24) is 0 Å². The maximum Gasteiger partial charge on any atom is 0.0974 e. The van der Waals surface area contributed by atoms with Crippen LogP contribution in [0, 0.1) is 0 Å². The van der Waals surface area contributed by atoms with Crippen LogP contribution in [0.4, 0.5) is 0 Å². The van der Waals surface area contributed by atoms with E-state index in [4.69, 9.17) is 10.5 Å². The van der Waals surface area contributed by atoms with E-state index >= 15 is 0 Å². The summed E-state index contributed by atoms with van der Waals surface area (Å²) < 4.78 is 5.49. The minimum absolute atomic E-state index is 0.0101. The van der Waals surface area contributed by atoms with Gasteiger partial charge < -0.3 is 15.6 Å². The average molecular weight is 271 g/mol. The second-order valence-corrected chi connectivity index (χ2v) is 6.00. The lowest BCUT2D eigenvalue weighted by molar-refractivity contribution is 0.0342. The molecule has 1 fully saturated rings. The number of nitrogens with two attached hydrogens (primary N) is 1. The lowest BCUT2D eigenvalue weighted by Gasteiger charge is -2.14. The molecule has 19 heavy (non-hydrogen) atoms. The summed E-state index contributed by atoms with van der Waals surface area (Å²) in [5.41, 5.74) is 5.71. The van der Waals surface area contributed by atoms with E-state index in [-0.39, 0.29) is 12.1 Å². The Hall–Kier alpha value is -0.120. The highest BCUT2D eigenvalue weighted by molar-refractivity contribution is 4.85. The van der Waals surface area contributed by atoms with Gasteiger partial charge in [0.25, 0.3) is 0 Å². The zero-order chi connectivity index (χ0) is 13.9. The van der Waals surface area contributed by atoms with Crippen LogP contribution in [0.15, 0.2) is 0 Å². The molecule has 1 aliphatic rings. The van der Waals surface area contributed by atoms with Gasteiger partial charge in [-0.05, 0) is 6.42 Å². The van der Waals surface area contributed by atoms with Gasteiger partial charge in [-0.3, -0.25) is 0 Å². The first-order valence-electron chi connectivity index (χ1n) is 8.31. The molecule has 0 aliphatic carbocycles. The molecule has 0 aromatic carbocycles. The fraction of sp³-hybridized carbons (Fsp3) is 1.00. The molecule has 1 aliphatic heterocycles. The smallest absolute Gasteiger partial charge is 0.0974 e. The van der Waals surface area contributed by atoms with E-state index in [1.165, 1.54) is 57.8 Å². The first-order valence-corrected chi connectivity index (χ1v) is 8.31. The third kappa shape index (κ3) is 7.28. The van der Waals surface area contributed by atoms with Crippen molar-refractivity contribution < 1.29 is 9.84 Å². The summed E-state index contributed by atoms with van der Waals surface area (Å²) in [5.74, 6) is 0.